The van der Waals surface area contributed by atoms with Gasteiger partial charge in [0.1, 0.15) is 5.56 Å². The minimum atomic E-state index is -1.06. The second-order valence-corrected chi connectivity index (χ2v) is 4.79. The van der Waals surface area contributed by atoms with Crippen LogP contribution >= 0.6 is 23.2 Å². The fourth-order valence-corrected chi connectivity index (χ4v) is 2.20. The van der Waals surface area contributed by atoms with Gasteiger partial charge >= 0.3 is 5.97 Å². The lowest BCUT2D eigenvalue weighted by Gasteiger charge is -2.11. The smallest absolute Gasteiger partial charge is 0.339 e. The number of aromatic carboxylic acids is 1. The molecule has 0 unspecified atom stereocenters. The van der Waals surface area contributed by atoms with Gasteiger partial charge in [-0.1, -0.05) is 41.4 Å². The number of anilines is 1. The summed E-state index contributed by atoms with van der Waals surface area (Å²) in [7, 11) is 0. The van der Waals surface area contributed by atoms with Gasteiger partial charge in [0.2, 0.25) is 0 Å². The first-order valence-corrected chi connectivity index (χ1v) is 6.33. The Hall–Kier alpha value is -1.71. The number of hydrogen-bond donors (Lipinski definition) is 2. The molecule has 3 nitrogen and oxygen atoms in total. The van der Waals surface area contributed by atoms with Crippen LogP contribution in [0.25, 0.3) is 0 Å². The van der Waals surface area contributed by atoms with Crippen LogP contribution in [0.4, 0.5) is 5.69 Å². The lowest BCUT2D eigenvalue weighted by molar-refractivity contribution is 0.0698. The standard InChI is InChI=1S/C14H11Cl2NO2/c15-10-4-1-3-9(7-10)8-17-12-6-2-5-11(16)13(12)14(18)19/h1-7,17H,8H2,(H,18,19). The van der Waals surface area contributed by atoms with E-state index in [0.717, 1.165) is 5.56 Å². The number of benzene rings is 2. The van der Waals surface area contributed by atoms with Crippen molar-refractivity contribution in [2.75, 3.05) is 5.32 Å². The van der Waals surface area contributed by atoms with Crippen molar-refractivity contribution in [1.82, 2.24) is 0 Å². The van der Waals surface area contributed by atoms with Gasteiger partial charge in [0.25, 0.3) is 0 Å². The van der Waals surface area contributed by atoms with Gasteiger partial charge in [-0.3, -0.25) is 0 Å². The summed E-state index contributed by atoms with van der Waals surface area (Å²) in [5.74, 6) is -1.06. The number of carboxylic acids is 1. The highest BCUT2D eigenvalue weighted by Gasteiger charge is 2.13. The Morgan fingerprint density at radius 2 is 1.89 bits per heavy atom. The number of carbonyl (C=O) groups is 1. The molecule has 0 aliphatic heterocycles. The summed E-state index contributed by atoms with van der Waals surface area (Å²) < 4.78 is 0. The third-order valence-electron chi connectivity index (χ3n) is 2.60. The van der Waals surface area contributed by atoms with Gasteiger partial charge in [-0.25, -0.2) is 4.79 Å². The second kappa shape index (κ2) is 5.95. The molecule has 2 N–H and O–H groups in total. The molecule has 0 atom stereocenters. The minimum absolute atomic E-state index is 0.0752. The maximum Gasteiger partial charge on any atom is 0.339 e. The van der Waals surface area contributed by atoms with Crippen molar-refractivity contribution < 1.29 is 9.90 Å². The second-order valence-electron chi connectivity index (χ2n) is 3.95. The Labute approximate surface area is 120 Å². The van der Waals surface area contributed by atoms with E-state index in [0.29, 0.717) is 17.3 Å². The Bertz CT molecular complexity index is 614. The van der Waals surface area contributed by atoms with Crippen LogP contribution < -0.4 is 5.32 Å². The van der Waals surface area contributed by atoms with Crippen LogP contribution in [0, 0.1) is 0 Å². The van der Waals surface area contributed by atoms with Gasteiger partial charge in [0.15, 0.2) is 0 Å². The fraction of sp³-hybridized carbons (Fsp3) is 0.0714. The maximum atomic E-state index is 11.2. The number of halogens is 2. The minimum Gasteiger partial charge on any atom is -0.478 e. The van der Waals surface area contributed by atoms with E-state index >= 15 is 0 Å². The van der Waals surface area contributed by atoms with Crippen molar-refractivity contribution in [2.45, 2.75) is 6.54 Å². The predicted octanol–water partition coefficient (Wildman–Crippen LogP) is 4.30. The first-order chi connectivity index (χ1) is 9.08. The number of carboxylic acid groups (broad SMARTS) is 1. The third kappa shape index (κ3) is 3.40. The molecule has 5 heteroatoms. The molecule has 2 rings (SSSR count). The molecule has 0 radical (unpaired) electrons. The molecule has 19 heavy (non-hydrogen) atoms. The molecule has 2 aromatic rings. The SMILES string of the molecule is O=C(O)c1c(Cl)cccc1NCc1cccc(Cl)c1. The van der Waals surface area contributed by atoms with Crippen LogP contribution in [-0.2, 0) is 6.54 Å². The molecule has 0 aromatic heterocycles. The van der Waals surface area contributed by atoms with Crippen molar-refractivity contribution in [2.24, 2.45) is 0 Å². The predicted molar refractivity (Wildman–Crippen MR) is 77.2 cm³/mol. The van der Waals surface area contributed by atoms with E-state index in [4.69, 9.17) is 28.3 Å². The van der Waals surface area contributed by atoms with Crippen LogP contribution in [0.2, 0.25) is 10.0 Å². The summed E-state index contributed by atoms with van der Waals surface area (Å²) in [5.41, 5.74) is 1.52. The summed E-state index contributed by atoms with van der Waals surface area (Å²) in [6, 6.07) is 12.3. The van der Waals surface area contributed by atoms with Gasteiger partial charge in [-0.2, -0.15) is 0 Å². The number of hydrogen-bond acceptors (Lipinski definition) is 2. The monoisotopic (exact) mass is 295 g/mol. The van der Waals surface area contributed by atoms with E-state index in [1.807, 2.05) is 18.2 Å². The number of nitrogens with one attached hydrogen (secondary N) is 1. The van der Waals surface area contributed by atoms with E-state index in [2.05, 4.69) is 5.32 Å². The molecular formula is C14H11Cl2NO2. The summed E-state index contributed by atoms with van der Waals surface area (Å²) >= 11 is 11.8. The summed E-state index contributed by atoms with van der Waals surface area (Å²) in [6.45, 7) is 0.473. The Balaban J connectivity index is 2.20. The largest absolute Gasteiger partial charge is 0.478 e. The van der Waals surface area contributed by atoms with Gasteiger partial charge < -0.3 is 10.4 Å². The number of rotatable bonds is 4. The molecule has 0 heterocycles. The topological polar surface area (TPSA) is 49.3 Å². The zero-order valence-corrected chi connectivity index (χ0v) is 11.4. The van der Waals surface area contributed by atoms with Crippen molar-refractivity contribution in [3.05, 3.63) is 63.6 Å². The Morgan fingerprint density at radius 1 is 1.16 bits per heavy atom. The Morgan fingerprint density at radius 3 is 2.58 bits per heavy atom. The molecule has 0 aliphatic rings. The molecule has 0 fully saturated rings. The molecule has 0 amide bonds. The first-order valence-electron chi connectivity index (χ1n) is 5.58. The van der Waals surface area contributed by atoms with Crippen LogP contribution in [-0.4, -0.2) is 11.1 Å². The van der Waals surface area contributed by atoms with Crippen LogP contribution in [0.15, 0.2) is 42.5 Å². The summed E-state index contributed by atoms with van der Waals surface area (Å²) in [5, 5.41) is 13.1. The van der Waals surface area contributed by atoms with Gasteiger partial charge in [-0.15, -0.1) is 0 Å². The fourth-order valence-electron chi connectivity index (χ4n) is 1.73. The maximum absolute atomic E-state index is 11.2. The molecule has 0 saturated heterocycles. The zero-order chi connectivity index (χ0) is 13.8. The van der Waals surface area contributed by atoms with E-state index < -0.39 is 5.97 Å². The Kier molecular flexibility index (Phi) is 4.30. The van der Waals surface area contributed by atoms with Crippen LogP contribution in [0.3, 0.4) is 0 Å². The zero-order valence-electron chi connectivity index (χ0n) is 9.86. The molecule has 0 spiro atoms. The lowest BCUT2D eigenvalue weighted by atomic mass is 10.1. The quantitative estimate of drug-likeness (QED) is 0.884. The highest BCUT2D eigenvalue weighted by molar-refractivity contribution is 6.34. The molecular weight excluding hydrogens is 285 g/mol. The first kappa shape index (κ1) is 13.7. The van der Waals surface area contributed by atoms with Crippen molar-refractivity contribution in [3.63, 3.8) is 0 Å². The van der Waals surface area contributed by atoms with E-state index in [1.54, 1.807) is 24.3 Å². The summed E-state index contributed by atoms with van der Waals surface area (Å²) in [6.07, 6.45) is 0. The van der Waals surface area contributed by atoms with Gasteiger partial charge in [0.05, 0.1) is 10.7 Å². The average molecular weight is 296 g/mol. The van der Waals surface area contributed by atoms with Gasteiger partial charge in [0, 0.05) is 11.6 Å². The molecule has 0 saturated carbocycles. The van der Waals surface area contributed by atoms with Crippen LogP contribution in [0.5, 0.6) is 0 Å². The van der Waals surface area contributed by atoms with E-state index in [1.165, 1.54) is 0 Å². The molecule has 98 valence electrons. The highest BCUT2D eigenvalue weighted by Crippen LogP contribution is 2.25. The molecule has 0 bridgehead atoms. The molecule has 2 aromatic carbocycles. The normalized spacial score (nSPS) is 10.2. The van der Waals surface area contributed by atoms with Gasteiger partial charge in [-0.05, 0) is 29.8 Å². The highest BCUT2D eigenvalue weighted by atomic mass is 35.5. The van der Waals surface area contributed by atoms with Crippen molar-refractivity contribution in [3.8, 4) is 0 Å². The third-order valence-corrected chi connectivity index (χ3v) is 3.15. The average Bonchev–Trinajstić information content (AvgIpc) is 2.36. The van der Waals surface area contributed by atoms with Crippen LogP contribution in [0.1, 0.15) is 15.9 Å². The van der Waals surface area contributed by atoms with Crippen molar-refractivity contribution in [1.29, 1.82) is 0 Å². The van der Waals surface area contributed by atoms with Crippen molar-refractivity contribution >= 4 is 34.9 Å². The lowest BCUT2D eigenvalue weighted by Crippen LogP contribution is -2.07. The molecule has 0 aliphatic carbocycles. The van der Waals surface area contributed by atoms with E-state index in [-0.39, 0.29) is 10.6 Å². The van der Waals surface area contributed by atoms with E-state index in [9.17, 15) is 4.79 Å². The summed E-state index contributed by atoms with van der Waals surface area (Å²) in [4.78, 5) is 11.2.